The monoisotopic (exact) mass is 574 g/mol. The lowest BCUT2D eigenvalue weighted by atomic mass is 9.81. The number of carbonyl (C=O) groups excluding carboxylic acids is 2. The molecule has 0 aliphatic heterocycles. The highest BCUT2D eigenvalue weighted by Gasteiger charge is 2.32. The van der Waals surface area contributed by atoms with Gasteiger partial charge in [-0.3, -0.25) is 19.0 Å². The van der Waals surface area contributed by atoms with Crippen LogP contribution >= 0.6 is 0 Å². The number of aliphatic hydroxyl groups excluding tert-OH is 1. The number of aromatic nitrogens is 4. The molecule has 0 bridgehead atoms. The van der Waals surface area contributed by atoms with Crippen molar-refractivity contribution >= 4 is 34.2 Å². The lowest BCUT2D eigenvalue weighted by molar-refractivity contribution is 0.0971. The molecule has 0 spiro atoms. The molecule has 2 aliphatic rings. The normalized spacial score (nSPS) is 17.8. The van der Waals surface area contributed by atoms with Crippen LogP contribution in [0.1, 0.15) is 58.1 Å². The number of ketones is 1. The molecule has 5 aromatic rings. The smallest absolute Gasteiger partial charge is 0.268 e. The van der Waals surface area contributed by atoms with Gasteiger partial charge in [0.2, 0.25) is 0 Å². The Morgan fingerprint density at radius 2 is 1.77 bits per heavy atom. The highest BCUT2D eigenvalue weighted by atomic mass is 16.3. The number of nitrogen functional groups attached to an aromatic ring is 1. The summed E-state index contributed by atoms with van der Waals surface area (Å²) in [5.41, 5.74) is 10.4. The number of nitrogens with one attached hydrogen (secondary N) is 1. The maximum absolute atomic E-state index is 13.7. The number of para-hydroxylation sites is 1. The Balaban J connectivity index is 1.21. The number of hydrogen-bond acceptors (Lipinski definition) is 7. The Labute approximate surface area is 246 Å². The van der Waals surface area contributed by atoms with E-state index < -0.39 is 11.5 Å². The highest BCUT2D eigenvalue weighted by molar-refractivity contribution is 6.07. The van der Waals surface area contributed by atoms with Gasteiger partial charge in [0, 0.05) is 53.5 Å². The van der Waals surface area contributed by atoms with Crippen molar-refractivity contribution in [2.24, 2.45) is 5.92 Å². The quantitative estimate of drug-likeness (QED) is 0.270. The summed E-state index contributed by atoms with van der Waals surface area (Å²) < 4.78 is 3.61. The lowest BCUT2D eigenvalue weighted by Gasteiger charge is -2.35. The standard InChI is InChI=1S/C33H30N6O4/c34-30-29-26(16-38(31(29)36-18-35-30)23-13-19(14-23)17-40)20-9-11-21(12-10-20)37-32(42)25-15-24-27(7-4-8-28(24)41)39(33(25)43)22-5-2-1-3-6-22/h1-3,5-6,9-12,15-16,18-19,23,40H,4,7-8,13-14,17H2,(H,37,42)(H2,34,35,36). The van der Waals surface area contributed by atoms with E-state index in [4.69, 9.17) is 5.73 Å². The van der Waals surface area contributed by atoms with E-state index in [1.54, 1.807) is 24.3 Å². The van der Waals surface area contributed by atoms with Gasteiger partial charge in [0.15, 0.2) is 5.78 Å². The third-order valence-corrected chi connectivity index (χ3v) is 8.63. The lowest BCUT2D eigenvalue weighted by Crippen LogP contribution is -2.33. The third kappa shape index (κ3) is 4.60. The molecule has 7 rings (SSSR count). The van der Waals surface area contributed by atoms with Crippen LogP contribution in [0, 0.1) is 5.92 Å². The zero-order valence-electron chi connectivity index (χ0n) is 23.4. The first-order valence-corrected chi connectivity index (χ1v) is 14.4. The number of carbonyl (C=O) groups is 2. The van der Waals surface area contributed by atoms with Gasteiger partial charge in [0.1, 0.15) is 23.4 Å². The largest absolute Gasteiger partial charge is 0.396 e. The maximum atomic E-state index is 13.7. The number of fused-ring (bicyclic) bond motifs is 2. The van der Waals surface area contributed by atoms with Crippen LogP contribution in [0.3, 0.4) is 0 Å². The molecule has 3 aromatic heterocycles. The van der Waals surface area contributed by atoms with E-state index in [9.17, 15) is 19.5 Å². The Bertz CT molecular complexity index is 1940. The summed E-state index contributed by atoms with van der Waals surface area (Å²) in [6, 6.07) is 18.0. The van der Waals surface area contributed by atoms with Crippen LogP contribution in [0.4, 0.5) is 11.5 Å². The summed E-state index contributed by atoms with van der Waals surface area (Å²) in [6.45, 7) is 0.175. The molecule has 1 saturated carbocycles. The van der Waals surface area contributed by atoms with Crippen LogP contribution < -0.4 is 16.6 Å². The SMILES string of the molecule is Nc1ncnc2c1c(-c1ccc(NC(=O)c3cc4c(n(-c5ccccc5)c3=O)CCCC4=O)cc1)cn2C1CC(CO)C1. The third-order valence-electron chi connectivity index (χ3n) is 8.63. The number of aliphatic hydroxyl groups is 1. The van der Waals surface area contributed by atoms with Gasteiger partial charge < -0.3 is 20.7 Å². The van der Waals surface area contributed by atoms with Gasteiger partial charge >= 0.3 is 0 Å². The topological polar surface area (TPSA) is 145 Å². The predicted molar refractivity (Wildman–Crippen MR) is 163 cm³/mol. The minimum Gasteiger partial charge on any atom is -0.396 e. The van der Waals surface area contributed by atoms with Gasteiger partial charge in [-0.2, -0.15) is 0 Å². The van der Waals surface area contributed by atoms with E-state index >= 15 is 0 Å². The van der Waals surface area contributed by atoms with Crippen molar-refractivity contribution < 1.29 is 14.7 Å². The summed E-state index contributed by atoms with van der Waals surface area (Å²) >= 11 is 0. The number of amides is 1. The number of hydrogen-bond donors (Lipinski definition) is 3. The van der Waals surface area contributed by atoms with Crippen molar-refractivity contribution in [3.63, 3.8) is 0 Å². The van der Waals surface area contributed by atoms with E-state index in [2.05, 4.69) is 19.9 Å². The minimum absolute atomic E-state index is 0.0690. The maximum Gasteiger partial charge on any atom is 0.268 e. The molecular weight excluding hydrogens is 544 g/mol. The van der Waals surface area contributed by atoms with Crippen LogP contribution in [0.15, 0.2) is 78.0 Å². The van der Waals surface area contributed by atoms with E-state index in [-0.39, 0.29) is 29.9 Å². The number of pyridine rings is 1. The first-order chi connectivity index (χ1) is 20.9. The Kier molecular flexibility index (Phi) is 6.62. The van der Waals surface area contributed by atoms with Gasteiger partial charge in [-0.25, -0.2) is 9.97 Å². The summed E-state index contributed by atoms with van der Waals surface area (Å²) in [5.74, 6) is 0.0191. The van der Waals surface area contributed by atoms with E-state index in [1.165, 1.54) is 17.0 Å². The summed E-state index contributed by atoms with van der Waals surface area (Å²) in [6.07, 6.45) is 6.86. The van der Waals surface area contributed by atoms with Gasteiger partial charge in [-0.15, -0.1) is 0 Å². The van der Waals surface area contributed by atoms with Crippen LogP contribution in [0.25, 0.3) is 27.8 Å². The number of nitrogens with two attached hydrogens (primary N) is 1. The van der Waals surface area contributed by atoms with Crippen LogP contribution in [0.5, 0.6) is 0 Å². The van der Waals surface area contributed by atoms with Crippen molar-refractivity contribution in [3.05, 3.63) is 100 Å². The van der Waals surface area contributed by atoms with E-state index in [0.717, 1.165) is 35.0 Å². The van der Waals surface area contributed by atoms with Crippen molar-refractivity contribution in [1.82, 2.24) is 19.1 Å². The van der Waals surface area contributed by atoms with Gasteiger partial charge in [-0.1, -0.05) is 30.3 Å². The fourth-order valence-electron chi connectivity index (χ4n) is 6.32. The van der Waals surface area contributed by atoms with Crippen LogP contribution in [0.2, 0.25) is 0 Å². The molecule has 1 amide bonds. The number of anilines is 2. The molecule has 10 nitrogen and oxygen atoms in total. The molecule has 2 aliphatic carbocycles. The minimum atomic E-state index is -0.582. The molecule has 10 heteroatoms. The first kappa shape index (κ1) is 26.8. The van der Waals surface area contributed by atoms with Gasteiger partial charge in [0.25, 0.3) is 11.5 Å². The second-order valence-corrected chi connectivity index (χ2v) is 11.3. The van der Waals surface area contributed by atoms with E-state index in [0.29, 0.717) is 47.7 Å². The zero-order chi connectivity index (χ0) is 29.7. The Morgan fingerprint density at radius 3 is 2.51 bits per heavy atom. The molecule has 1 fully saturated rings. The second kappa shape index (κ2) is 10.6. The molecular formula is C33H30N6O4. The highest BCUT2D eigenvalue weighted by Crippen LogP contribution is 2.42. The van der Waals surface area contributed by atoms with Crippen LogP contribution in [-0.2, 0) is 6.42 Å². The molecule has 0 unspecified atom stereocenters. The molecule has 2 aromatic carbocycles. The van der Waals surface area contributed by atoms with Crippen molar-refractivity contribution in [2.75, 3.05) is 17.7 Å². The fraction of sp³-hybridized carbons (Fsp3) is 0.242. The summed E-state index contributed by atoms with van der Waals surface area (Å²) in [4.78, 5) is 48.6. The number of rotatable bonds is 6. The molecule has 216 valence electrons. The van der Waals surface area contributed by atoms with Gasteiger partial charge in [-0.05, 0) is 67.5 Å². The van der Waals surface area contributed by atoms with Crippen molar-refractivity contribution in [3.8, 4) is 16.8 Å². The van der Waals surface area contributed by atoms with Crippen LogP contribution in [-0.4, -0.2) is 42.5 Å². The van der Waals surface area contributed by atoms with Crippen molar-refractivity contribution in [2.45, 2.75) is 38.1 Å². The van der Waals surface area contributed by atoms with Gasteiger partial charge in [0.05, 0.1) is 5.39 Å². The molecule has 0 radical (unpaired) electrons. The molecule has 0 atom stereocenters. The average Bonchev–Trinajstić information content (AvgIpc) is 3.38. The molecule has 43 heavy (non-hydrogen) atoms. The first-order valence-electron chi connectivity index (χ1n) is 14.4. The number of benzene rings is 2. The Morgan fingerprint density at radius 1 is 1.00 bits per heavy atom. The predicted octanol–water partition coefficient (Wildman–Crippen LogP) is 4.55. The zero-order valence-corrected chi connectivity index (χ0v) is 23.4. The summed E-state index contributed by atoms with van der Waals surface area (Å²) in [7, 11) is 0. The summed E-state index contributed by atoms with van der Waals surface area (Å²) in [5, 5.41) is 13.1. The number of Topliss-reactive ketones (excluding diaryl/α,β-unsaturated/α-hetero) is 1. The number of nitrogens with zero attached hydrogens (tertiary/aromatic N) is 4. The van der Waals surface area contributed by atoms with E-state index in [1.807, 2.05) is 36.5 Å². The Hall–Kier alpha value is -5.09. The van der Waals surface area contributed by atoms with Crippen molar-refractivity contribution in [1.29, 1.82) is 0 Å². The average molecular weight is 575 g/mol. The fourth-order valence-corrected chi connectivity index (χ4v) is 6.32. The second-order valence-electron chi connectivity index (χ2n) is 11.3. The molecule has 4 N–H and O–H groups in total. The molecule has 0 saturated heterocycles. The molecule has 3 heterocycles.